The predicted molar refractivity (Wildman–Crippen MR) is 112 cm³/mol. The SMILES string of the molecule is CN=C(NCCCCOCCOC)N1CCN(Cc2ccc(Cl)cc2)C(=O)C1. The Bertz CT molecular complexity index is 624. The molecule has 28 heavy (non-hydrogen) atoms. The molecule has 7 nitrogen and oxygen atoms in total. The van der Waals surface area contributed by atoms with E-state index in [1.165, 1.54) is 0 Å². The van der Waals surface area contributed by atoms with Crippen LogP contribution in [0.25, 0.3) is 0 Å². The lowest BCUT2D eigenvalue weighted by Crippen LogP contribution is -2.55. The van der Waals surface area contributed by atoms with Crippen molar-refractivity contribution in [2.75, 3.05) is 60.2 Å². The van der Waals surface area contributed by atoms with Crippen molar-refractivity contribution in [1.82, 2.24) is 15.1 Å². The van der Waals surface area contributed by atoms with E-state index in [4.69, 9.17) is 21.1 Å². The summed E-state index contributed by atoms with van der Waals surface area (Å²) in [6, 6.07) is 7.63. The highest BCUT2D eigenvalue weighted by Crippen LogP contribution is 2.13. The molecule has 0 radical (unpaired) electrons. The number of nitrogens with one attached hydrogen (secondary N) is 1. The molecule has 1 aromatic rings. The molecule has 0 aromatic heterocycles. The van der Waals surface area contributed by atoms with Gasteiger partial charge in [0, 0.05) is 52.0 Å². The van der Waals surface area contributed by atoms with Crippen LogP contribution in [0.5, 0.6) is 0 Å². The molecule has 0 spiro atoms. The van der Waals surface area contributed by atoms with Crippen molar-refractivity contribution in [2.45, 2.75) is 19.4 Å². The van der Waals surface area contributed by atoms with E-state index in [0.717, 1.165) is 44.1 Å². The van der Waals surface area contributed by atoms with Crippen LogP contribution in [0, 0.1) is 0 Å². The molecule has 2 rings (SSSR count). The molecule has 0 aliphatic carbocycles. The minimum atomic E-state index is 0.107. The number of benzene rings is 1. The maximum absolute atomic E-state index is 12.5. The van der Waals surface area contributed by atoms with Gasteiger partial charge in [-0.15, -0.1) is 0 Å². The predicted octanol–water partition coefficient (Wildman–Crippen LogP) is 2.00. The number of halogens is 1. The van der Waals surface area contributed by atoms with Crippen molar-refractivity contribution in [3.8, 4) is 0 Å². The number of guanidine groups is 1. The fourth-order valence-corrected chi connectivity index (χ4v) is 3.10. The van der Waals surface area contributed by atoms with Gasteiger partial charge in [-0.25, -0.2) is 0 Å². The molecule has 0 bridgehead atoms. The lowest BCUT2D eigenvalue weighted by atomic mass is 10.2. The number of carbonyl (C=O) groups is 1. The summed E-state index contributed by atoms with van der Waals surface area (Å²) in [5.74, 6) is 0.885. The average Bonchev–Trinajstić information content (AvgIpc) is 2.70. The number of piperazine rings is 1. The fourth-order valence-electron chi connectivity index (χ4n) is 2.97. The van der Waals surface area contributed by atoms with Gasteiger partial charge in [0.05, 0.1) is 19.8 Å². The Morgan fingerprint density at radius 2 is 1.96 bits per heavy atom. The van der Waals surface area contributed by atoms with Crippen molar-refractivity contribution in [3.05, 3.63) is 34.9 Å². The number of amides is 1. The number of rotatable bonds is 10. The Hall–Kier alpha value is -1.83. The maximum atomic E-state index is 12.5. The Kier molecular flexibility index (Phi) is 10.1. The van der Waals surface area contributed by atoms with E-state index in [0.29, 0.717) is 37.9 Å². The van der Waals surface area contributed by atoms with Crippen LogP contribution in [0.1, 0.15) is 18.4 Å². The average molecular weight is 411 g/mol. The molecular formula is C20H31ClN4O3. The van der Waals surface area contributed by atoms with E-state index in [9.17, 15) is 4.79 Å². The quantitative estimate of drug-likeness (QED) is 0.363. The summed E-state index contributed by atoms with van der Waals surface area (Å²) in [4.78, 5) is 20.8. The van der Waals surface area contributed by atoms with Gasteiger partial charge in [0.2, 0.25) is 5.91 Å². The van der Waals surface area contributed by atoms with Gasteiger partial charge in [0.1, 0.15) is 0 Å². The first-order chi connectivity index (χ1) is 13.6. The zero-order valence-electron chi connectivity index (χ0n) is 16.8. The Balaban J connectivity index is 1.69. The summed E-state index contributed by atoms with van der Waals surface area (Å²) < 4.78 is 10.4. The summed E-state index contributed by atoms with van der Waals surface area (Å²) in [6.07, 6.45) is 1.96. The minimum Gasteiger partial charge on any atom is -0.382 e. The molecule has 156 valence electrons. The number of methoxy groups -OCH3 is 1. The highest BCUT2D eigenvalue weighted by molar-refractivity contribution is 6.30. The maximum Gasteiger partial charge on any atom is 0.242 e. The second-order valence-electron chi connectivity index (χ2n) is 6.65. The first kappa shape index (κ1) is 22.5. The minimum absolute atomic E-state index is 0.107. The molecule has 1 aliphatic rings. The number of ether oxygens (including phenoxy) is 2. The van der Waals surface area contributed by atoms with E-state index in [2.05, 4.69) is 10.3 Å². The topological polar surface area (TPSA) is 66.4 Å². The highest BCUT2D eigenvalue weighted by Gasteiger charge is 2.25. The van der Waals surface area contributed by atoms with E-state index >= 15 is 0 Å². The van der Waals surface area contributed by atoms with Crippen LogP contribution in [0.15, 0.2) is 29.3 Å². The fraction of sp³-hybridized carbons (Fsp3) is 0.600. The largest absolute Gasteiger partial charge is 0.382 e. The van der Waals surface area contributed by atoms with Crippen molar-refractivity contribution in [3.63, 3.8) is 0 Å². The van der Waals surface area contributed by atoms with Crippen molar-refractivity contribution >= 4 is 23.5 Å². The van der Waals surface area contributed by atoms with Gasteiger partial charge in [0.25, 0.3) is 0 Å². The molecule has 1 aromatic carbocycles. The summed E-state index contributed by atoms with van der Waals surface area (Å²) in [7, 11) is 3.42. The van der Waals surface area contributed by atoms with Crippen LogP contribution >= 0.6 is 11.6 Å². The zero-order valence-corrected chi connectivity index (χ0v) is 17.6. The van der Waals surface area contributed by atoms with Crippen LogP contribution < -0.4 is 5.32 Å². The van der Waals surface area contributed by atoms with Gasteiger partial charge in [0.15, 0.2) is 5.96 Å². The molecule has 1 fully saturated rings. The molecule has 0 atom stereocenters. The number of unbranched alkanes of at least 4 members (excludes halogenated alkanes) is 1. The number of hydrogen-bond acceptors (Lipinski definition) is 4. The summed E-state index contributed by atoms with van der Waals surface area (Å²) in [5, 5.41) is 4.05. The molecule has 1 heterocycles. The van der Waals surface area contributed by atoms with Crippen LogP contribution in [0.3, 0.4) is 0 Å². The molecule has 1 amide bonds. The summed E-state index contributed by atoms with van der Waals surface area (Å²) >= 11 is 5.92. The van der Waals surface area contributed by atoms with Crippen LogP contribution in [-0.2, 0) is 20.8 Å². The molecule has 1 aliphatic heterocycles. The smallest absolute Gasteiger partial charge is 0.242 e. The van der Waals surface area contributed by atoms with Crippen LogP contribution in [0.2, 0.25) is 5.02 Å². The standard InChI is InChI=1S/C20H31ClN4O3/c1-22-20(23-9-3-4-12-28-14-13-27-2)25-11-10-24(19(26)16-25)15-17-5-7-18(21)8-6-17/h5-8H,3-4,9-16H2,1-2H3,(H,22,23). The van der Waals surface area contributed by atoms with Gasteiger partial charge in [-0.05, 0) is 30.5 Å². The molecule has 1 saturated heterocycles. The Labute approximate surface area is 172 Å². The van der Waals surface area contributed by atoms with E-state index in [1.54, 1.807) is 14.2 Å². The van der Waals surface area contributed by atoms with Crippen LogP contribution in [-0.4, -0.2) is 81.8 Å². The van der Waals surface area contributed by atoms with Crippen molar-refractivity contribution in [2.24, 2.45) is 4.99 Å². The van der Waals surface area contributed by atoms with E-state index in [1.807, 2.05) is 34.1 Å². The van der Waals surface area contributed by atoms with E-state index in [-0.39, 0.29) is 5.91 Å². The number of aliphatic imine (C=N–C) groups is 1. The molecule has 8 heteroatoms. The first-order valence-electron chi connectivity index (χ1n) is 9.68. The lowest BCUT2D eigenvalue weighted by molar-refractivity contribution is -0.135. The lowest BCUT2D eigenvalue weighted by Gasteiger charge is -2.36. The highest BCUT2D eigenvalue weighted by atomic mass is 35.5. The molecular weight excluding hydrogens is 380 g/mol. The Morgan fingerprint density at radius 1 is 1.18 bits per heavy atom. The van der Waals surface area contributed by atoms with Gasteiger partial charge in [-0.2, -0.15) is 0 Å². The van der Waals surface area contributed by atoms with Gasteiger partial charge in [-0.1, -0.05) is 23.7 Å². The summed E-state index contributed by atoms with van der Waals surface area (Å²) in [6.45, 7) is 5.18. The normalized spacial score (nSPS) is 15.2. The second kappa shape index (κ2) is 12.6. The Morgan fingerprint density at radius 3 is 2.64 bits per heavy atom. The monoisotopic (exact) mass is 410 g/mol. The number of nitrogens with zero attached hydrogens (tertiary/aromatic N) is 3. The third kappa shape index (κ3) is 7.66. The third-order valence-corrected chi connectivity index (χ3v) is 4.80. The van der Waals surface area contributed by atoms with Gasteiger partial charge in [-0.3, -0.25) is 9.79 Å². The van der Waals surface area contributed by atoms with E-state index < -0.39 is 0 Å². The number of hydrogen-bond donors (Lipinski definition) is 1. The second-order valence-corrected chi connectivity index (χ2v) is 7.09. The van der Waals surface area contributed by atoms with Gasteiger partial charge >= 0.3 is 0 Å². The third-order valence-electron chi connectivity index (χ3n) is 4.55. The van der Waals surface area contributed by atoms with Crippen molar-refractivity contribution < 1.29 is 14.3 Å². The van der Waals surface area contributed by atoms with Crippen molar-refractivity contribution in [1.29, 1.82) is 0 Å². The van der Waals surface area contributed by atoms with Crippen LogP contribution in [0.4, 0.5) is 0 Å². The zero-order chi connectivity index (χ0) is 20.2. The molecule has 0 unspecified atom stereocenters. The number of carbonyl (C=O) groups excluding carboxylic acids is 1. The molecule has 0 saturated carbocycles. The first-order valence-corrected chi connectivity index (χ1v) is 10.1. The summed E-state index contributed by atoms with van der Waals surface area (Å²) in [5.41, 5.74) is 1.08. The van der Waals surface area contributed by atoms with Gasteiger partial charge < -0.3 is 24.6 Å². The molecule has 1 N–H and O–H groups in total.